The summed E-state index contributed by atoms with van der Waals surface area (Å²) >= 11 is 3.39. The molecule has 0 saturated heterocycles. The van der Waals surface area contributed by atoms with Crippen LogP contribution in [0.5, 0.6) is 11.5 Å². The number of nitrogens with one attached hydrogen (secondary N) is 1. The van der Waals surface area contributed by atoms with Gasteiger partial charge in [0, 0.05) is 9.86 Å². The van der Waals surface area contributed by atoms with E-state index < -0.39 is 11.9 Å². The van der Waals surface area contributed by atoms with Crippen LogP contribution in [0, 0.1) is 0 Å². The maximum atomic E-state index is 12.3. The number of carboxylic acids is 1. The highest BCUT2D eigenvalue weighted by Gasteiger charge is 2.12. The van der Waals surface area contributed by atoms with E-state index in [0.29, 0.717) is 22.6 Å². The van der Waals surface area contributed by atoms with Gasteiger partial charge in [0.25, 0.3) is 0 Å². The van der Waals surface area contributed by atoms with Crippen molar-refractivity contribution in [1.82, 2.24) is 5.43 Å². The molecule has 9 heteroatoms. The van der Waals surface area contributed by atoms with E-state index in [1.165, 1.54) is 25.5 Å². The molecular formula is C25H19BrN2O6. The lowest BCUT2D eigenvalue weighted by molar-refractivity contribution is 0.0696. The van der Waals surface area contributed by atoms with E-state index in [0.717, 1.165) is 15.4 Å². The average Bonchev–Trinajstić information content (AvgIpc) is 3.26. The summed E-state index contributed by atoms with van der Waals surface area (Å²) in [6, 6.07) is 18.8. The molecule has 0 fully saturated rings. The number of carboxylic acid groups (broad SMARTS) is 1. The third-order valence-corrected chi connectivity index (χ3v) is 5.36. The van der Waals surface area contributed by atoms with Gasteiger partial charge < -0.3 is 19.0 Å². The number of ether oxygens (including phenoxy) is 2. The quantitative estimate of drug-likeness (QED) is 0.241. The van der Waals surface area contributed by atoms with E-state index in [2.05, 4.69) is 26.5 Å². The van der Waals surface area contributed by atoms with Crippen LogP contribution >= 0.6 is 15.9 Å². The smallest absolute Gasteiger partial charge is 0.335 e. The molecule has 0 aliphatic heterocycles. The van der Waals surface area contributed by atoms with Crippen molar-refractivity contribution in [3.05, 3.63) is 93.7 Å². The summed E-state index contributed by atoms with van der Waals surface area (Å²) in [7, 11) is 1.52. The zero-order valence-electron chi connectivity index (χ0n) is 17.9. The molecule has 172 valence electrons. The van der Waals surface area contributed by atoms with Crippen LogP contribution in [0.1, 0.15) is 32.0 Å². The molecule has 1 amide bonds. The molecule has 0 aliphatic carbocycles. The van der Waals surface area contributed by atoms with Crippen molar-refractivity contribution in [1.29, 1.82) is 0 Å². The van der Waals surface area contributed by atoms with Gasteiger partial charge in [-0.15, -0.1) is 0 Å². The Kier molecular flexibility index (Phi) is 6.93. The van der Waals surface area contributed by atoms with E-state index in [9.17, 15) is 9.59 Å². The fraction of sp³-hybridized carbons (Fsp3) is 0.0800. The van der Waals surface area contributed by atoms with Crippen molar-refractivity contribution < 1.29 is 28.6 Å². The number of methoxy groups -OCH3 is 1. The minimum Gasteiger partial charge on any atom is -0.493 e. The van der Waals surface area contributed by atoms with E-state index in [4.69, 9.17) is 19.0 Å². The van der Waals surface area contributed by atoms with Crippen LogP contribution < -0.4 is 14.9 Å². The van der Waals surface area contributed by atoms with Gasteiger partial charge in [-0.25, -0.2) is 10.2 Å². The third kappa shape index (κ3) is 5.44. The Morgan fingerprint density at radius 3 is 2.59 bits per heavy atom. The number of amides is 1. The first-order chi connectivity index (χ1) is 16.4. The van der Waals surface area contributed by atoms with E-state index >= 15 is 0 Å². The third-order valence-electron chi connectivity index (χ3n) is 4.86. The second-order valence-electron chi connectivity index (χ2n) is 7.19. The van der Waals surface area contributed by atoms with Crippen LogP contribution in [-0.4, -0.2) is 30.3 Å². The number of carbonyl (C=O) groups excluding carboxylic acids is 1. The maximum Gasteiger partial charge on any atom is 0.335 e. The van der Waals surface area contributed by atoms with Gasteiger partial charge in [0.15, 0.2) is 17.3 Å². The van der Waals surface area contributed by atoms with Crippen molar-refractivity contribution in [3.63, 3.8) is 0 Å². The van der Waals surface area contributed by atoms with Gasteiger partial charge in [0.2, 0.25) is 0 Å². The summed E-state index contributed by atoms with van der Waals surface area (Å²) in [4.78, 5) is 23.3. The first-order valence-corrected chi connectivity index (χ1v) is 10.9. The fourth-order valence-electron chi connectivity index (χ4n) is 3.14. The second kappa shape index (κ2) is 10.2. The standard InChI is InChI=1S/C25H19BrN2O6/c1-32-22-10-16(4-8-21(22)33-14-15-2-5-17(6-3-15)25(30)31)13-27-28-24(29)23-12-18-11-19(26)7-9-20(18)34-23/h2-13H,14H2,1H3,(H,28,29)(H,30,31)/b27-13+. The molecule has 0 bridgehead atoms. The SMILES string of the molecule is COc1cc(/C=N/NC(=O)c2cc3cc(Br)ccc3o2)ccc1OCc1ccc(C(=O)O)cc1. The Hall–Kier alpha value is -4.11. The van der Waals surface area contributed by atoms with Gasteiger partial charge in [-0.1, -0.05) is 28.1 Å². The molecule has 1 aromatic heterocycles. The van der Waals surface area contributed by atoms with Crippen molar-refractivity contribution >= 4 is 45.0 Å². The van der Waals surface area contributed by atoms with Gasteiger partial charge in [0.05, 0.1) is 18.9 Å². The van der Waals surface area contributed by atoms with Gasteiger partial charge in [-0.3, -0.25) is 4.79 Å². The Morgan fingerprint density at radius 1 is 1.06 bits per heavy atom. The van der Waals surface area contributed by atoms with Crippen LogP contribution in [0.15, 0.2) is 80.7 Å². The zero-order valence-corrected chi connectivity index (χ0v) is 19.5. The molecule has 8 nitrogen and oxygen atoms in total. The number of nitrogens with zero attached hydrogens (tertiary/aromatic N) is 1. The summed E-state index contributed by atoms with van der Waals surface area (Å²) in [5.41, 5.74) is 4.77. The molecule has 2 N–H and O–H groups in total. The maximum absolute atomic E-state index is 12.3. The van der Waals surface area contributed by atoms with Crippen LogP contribution in [0.4, 0.5) is 0 Å². The number of hydrazone groups is 1. The Labute approximate surface area is 202 Å². The highest BCUT2D eigenvalue weighted by Crippen LogP contribution is 2.28. The highest BCUT2D eigenvalue weighted by molar-refractivity contribution is 9.10. The summed E-state index contributed by atoms with van der Waals surface area (Å²) < 4.78 is 17.6. The zero-order chi connectivity index (χ0) is 24.1. The molecule has 0 aliphatic rings. The Morgan fingerprint density at radius 2 is 1.85 bits per heavy atom. The Balaban J connectivity index is 1.38. The van der Waals surface area contributed by atoms with Crippen LogP contribution in [0.2, 0.25) is 0 Å². The molecular weight excluding hydrogens is 504 g/mol. The summed E-state index contributed by atoms with van der Waals surface area (Å²) in [6.45, 7) is 0.244. The van der Waals surface area contributed by atoms with Crippen molar-refractivity contribution in [3.8, 4) is 11.5 Å². The Bertz CT molecular complexity index is 1380. The average molecular weight is 523 g/mol. The van der Waals surface area contributed by atoms with Crippen molar-refractivity contribution in [2.75, 3.05) is 7.11 Å². The number of fused-ring (bicyclic) bond motifs is 1. The number of hydrogen-bond acceptors (Lipinski definition) is 6. The van der Waals surface area contributed by atoms with E-state index in [1.807, 2.05) is 12.1 Å². The molecule has 0 spiro atoms. The summed E-state index contributed by atoms with van der Waals surface area (Å²) in [6.07, 6.45) is 1.48. The lowest BCUT2D eigenvalue weighted by atomic mass is 10.1. The second-order valence-corrected chi connectivity index (χ2v) is 8.11. The molecule has 0 radical (unpaired) electrons. The molecule has 0 saturated carbocycles. The van der Waals surface area contributed by atoms with Crippen LogP contribution in [0.25, 0.3) is 11.0 Å². The van der Waals surface area contributed by atoms with Gasteiger partial charge in [0.1, 0.15) is 12.2 Å². The molecule has 0 unspecified atom stereocenters. The molecule has 3 aromatic carbocycles. The number of carbonyl (C=O) groups is 2. The molecule has 1 heterocycles. The number of aromatic carboxylic acids is 1. The van der Waals surface area contributed by atoms with Crippen molar-refractivity contribution in [2.24, 2.45) is 5.10 Å². The van der Waals surface area contributed by atoms with E-state index in [1.54, 1.807) is 42.5 Å². The minimum absolute atomic E-state index is 0.156. The van der Waals surface area contributed by atoms with Gasteiger partial charge in [-0.05, 0) is 65.7 Å². The normalized spacial score (nSPS) is 11.0. The minimum atomic E-state index is -0.978. The lowest BCUT2D eigenvalue weighted by Crippen LogP contribution is -2.16. The molecule has 4 aromatic rings. The molecule has 4 rings (SSSR count). The topological polar surface area (TPSA) is 110 Å². The number of rotatable bonds is 8. The van der Waals surface area contributed by atoms with Crippen LogP contribution in [-0.2, 0) is 6.61 Å². The summed E-state index contributed by atoms with van der Waals surface area (Å²) in [5, 5.41) is 13.8. The summed E-state index contributed by atoms with van der Waals surface area (Å²) in [5.74, 6) is -0.291. The largest absolute Gasteiger partial charge is 0.493 e. The predicted octanol–water partition coefficient (Wildman–Crippen LogP) is 5.25. The predicted molar refractivity (Wildman–Crippen MR) is 130 cm³/mol. The number of hydrogen-bond donors (Lipinski definition) is 2. The fourth-order valence-corrected chi connectivity index (χ4v) is 3.51. The highest BCUT2D eigenvalue weighted by atomic mass is 79.9. The van der Waals surface area contributed by atoms with Gasteiger partial charge in [-0.2, -0.15) is 5.10 Å². The monoisotopic (exact) mass is 522 g/mol. The van der Waals surface area contributed by atoms with Crippen LogP contribution in [0.3, 0.4) is 0 Å². The molecule has 34 heavy (non-hydrogen) atoms. The number of halogens is 1. The van der Waals surface area contributed by atoms with E-state index in [-0.39, 0.29) is 17.9 Å². The van der Waals surface area contributed by atoms with Gasteiger partial charge >= 0.3 is 11.9 Å². The first-order valence-electron chi connectivity index (χ1n) is 10.1. The lowest BCUT2D eigenvalue weighted by Gasteiger charge is -2.11. The van der Waals surface area contributed by atoms with Crippen molar-refractivity contribution in [2.45, 2.75) is 6.61 Å². The number of furan rings is 1. The number of benzene rings is 3. The first kappa shape index (κ1) is 23.1. The molecule has 0 atom stereocenters.